The van der Waals surface area contributed by atoms with Crippen molar-refractivity contribution in [3.8, 4) is 34.9 Å². The van der Waals surface area contributed by atoms with Gasteiger partial charge in [0.1, 0.15) is 16.3 Å². The number of nitrogens with zero attached hydrogens (tertiary/aromatic N) is 4. The van der Waals surface area contributed by atoms with Crippen LogP contribution in [0.1, 0.15) is 16.7 Å². The highest BCUT2D eigenvalue weighted by atomic mass is 32.1. The lowest BCUT2D eigenvalue weighted by molar-refractivity contribution is 0.466. The molecule has 0 radical (unpaired) electrons. The highest BCUT2D eigenvalue weighted by molar-refractivity contribution is 7.17. The van der Waals surface area contributed by atoms with Gasteiger partial charge in [-0.3, -0.25) is 0 Å². The van der Waals surface area contributed by atoms with E-state index < -0.39 is 5.82 Å². The average molecular weight is 478 g/mol. The summed E-state index contributed by atoms with van der Waals surface area (Å²) in [6.07, 6.45) is 0. The summed E-state index contributed by atoms with van der Waals surface area (Å²) in [6, 6.07) is 22.7. The lowest BCUT2D eigenvalue weighted by Crippen LogP contribution is -2.00. The van der Waals surface area contributed by atoms with E-state index in [9.17, 15) is 4.39 Å². The first-order valence-corrected chi connectivity index (χ1v) is 11.4. The van der Waals surface area contributed by atoms with E-state index in [1.165, 1.54) is 17.4 Å². The Bertz CT molecular complexity index is 1650. The maximum atomic E-state index is 14.5. The number of ether oxygens (including phenoxy) is 1. The minimum absolute atomic E-state index is 0.275. The molecule has 0 aliphatic rings. The summed E-state index contributed by atoms with van der Waals surface area (Å²) in [5.41, 5.74) is 4.22. The number of thiophene rings is 1. The molecule has 0 saturated heterocycles. The molecule has 6 nitrogen and oxygen atoms in total. The van der Waals surface area contributed by atoms with Gasteiger partial charge >= 0.3 is 0 Å². The largest absolute Gasteiger partial charge is 0.437 e. The first kappa shape index (κ1) is 22.0. The molecule has 0 unspecified atom stereocenters. The number of nitriles is 2. The van der Waals surface area contributed by atoms with Crippen LogP contribution in [-0.2, 0) is 0 Å². The minimum Gasteiger partial charge on any atom is -0.437 e. The molecule has 0 bridgehead atoms. The molecule has 3 aromatic carbocycles. The zero-order chi connectivity index (χ0) is 24.4. The summed E-state index contributed by atoms with van der Waals surface area (Å²) >= 11 is 1.47. The fourth-order valence-electron chi connectivity index (χ4n) is 3.57. The summed E-state index contributed by atoms with van der Waals surface area (Å²) in [4.78, 5) is 9.13. The van der Waals surface area contributed by atoms with Crippen LogP contribution in [0.25, 0.3) is 21.3 Å². The van der Waals surface area contributed by atoms with Crippen LogP contribution in [0, 0.1) is 35.4 Å². The van der Waals surface area contributed by atoms with Gasteiger partial charge in [0.2, 0.25) is 11.8 Å². The van der Waals surface area contributed by atoms with E-state index in [0.717, 1.165) is 21.5 Å². The van der Waals surface area contributed by atoms with Crippen LogP contribution in [0.15, 0.2) is 72.1 Å². The van der Waals surface area contributed by atoms with E-state index in [1.54, 1.807) is 48.5 Å². The number of benzene rings is 3. The number of rotatable bonds is 5. The molecule has 0 fully saturated rings. The molecule has 8 heteroatoms. The van der Waals surface area contributed by atoms with E-state index >= 15 is 0 Å². The molecule has 168 valence electrons. The maximum absolute atomic E-state index is 14.5. The fourth-order valence-corrected chi connectivity index (χ4v) is 4.33. The van der Waals surface area contributed by atoms with Gasteiger partial charge in [0.15, 0.2) is 0 Å². The summed E-state index contributed by atoms with van der Waals surface area (Å²) in [7, 11) is 0. The Balaban J connectivity index is 1.45. The van der Waals surface area contributed by atoms with Crippen molar-refractivity contribution in [1.82, 2.24) is 9.97 Å². The number of aryl methyl sites for hydroxylation is 1. The number of fused-ring (bicyclic) bond motifs is 1. The predicted molar refractivity (Wildman–Crippen MR) is 133 cm³/mol. The standard InChI is InChI=1S/C27H16FN5OS/c1-16-12-19(21-8-4-18(15-30)13-22(21)28)5-9-24(16)34-26-25-23(10-11-35-25)32-27(33-26)31-20-6-2-17(14-29)3-7-20/h2-13H,1H3,(H,31,32,33). The van der Waals surface area contributed by atoms with Gasteiger partial charge in [0, 0.05) is 11.3 Å². The van der Waals surface area contributed by atoms with Crippen molar-refractivity contribution in [3.63, 3.8) is 0 Å². The van der Waals surface area contributed by atoms with E-state index in [2.05, 4.69) is 21.4 Å². The molecule has 0 aliphatic heterocycles. The summed E-state index contributed by atoms with van der Waals surface area (Å²) in [5, 5.41) is 23.0. The Labute approximate surface area is 204 Å². The molecule has 0 atom stereocenters. The van der Waals surface area contributed by atoms with E-state index in [1.807, 2.05) is 30.5 Å². The third kappa shape index (κ3) is 4.51. The second-order valence-corrected chi connectivity index (χ2v) is 8.61. The number of aromatic nitrogens is 2. The third-order valence-electron chi connectivity index (χ3n) is 5.33. The fraction of sp³-hybridized carbons (Fsp3) is 0.0370. The van der Waals surface area contributed by atoms with Crippen LogP contribution in [0.2, 0.25) is 0 Å². The van der Waals surface area contributed by atoms with Crippen LogP contribution in [-0.4, -0.2) is 9.97 Å². The molecule has 0 aliphatic carbocycles. The Morgan fingerprint density at radius 2 is 1.69 bits per heavy atom. The van der Waals surface area contributed by atoms with Crippen molar-refractivity contribution in [1.29, 1.82) is 10.5 Å². The quantitative estimate of drug-likeness (QED) is 0.290. The molecule has 5 aromatic rings. The van der Waals surface area contributed by atoms with E-state index in [0.29, 0.717) is 34.3 Å². The second-order valence-electron chi connectivity index (χ2n) is 7.69. The summed E-state index contributed by atoms with van der Waals surface area (Å²) in [6.45, 7) is 1.88. The van der Waals surface area contributed by atoms with Gasteiger partial charge in [-0.25, -0.2) is 9.37 Å². The first-order valence-electron chi connectivity index (χ1n) is 10.5. The summed E-state index contributed by atoms with van der Waals surface area (Å²) in [5.74, 6) is 0.901. The van der Waals surface area contributed by atoms with Crippen LogP contribution in [0.4, 0.5) is 16.0 Å². The maximum Gasteiger partial charge on any atom is 0.242 e. The smallest absolute Gasteiger partial charge is 0.242 e. The topological polar surface area (TPSA) is 94.6 Å². The number of hydrogen-bond donors (Lipinski definition) is 1. The predicted octanol–water partition coefficient (Wildman–Crippen LogP) is 7.09. The van der Waals surface area contributed by atoms with Crippen molar-refractivity contribution in [2.45, 2.75) is 6.92 Å². The van der Waals surface area contributed by atoms with Gasteiger partial charge in [-0.1, -0.05) is 12.1 Å². The third-order valence-corrected chi connectivity index (χ3v) is 6.23. The zero-order valence-corrected chi connectivity index (χ0v) is 19.2. The lowest BCUT2D eigenvalue weighted by atomic mass is 10.0. The number of halogens is 1. The molecule has 0 saturated carbocycles. The van der Waals surface area contributed by atoms with Gasteiger partial charge in [0.25, 0.3) is 0 Å². The Morgan fingerprint density at radius 3 is 2.40 bits per heavy atom. The van der Waals surface area contributed by atoms with Crippen LogP contribution in [0.3, 0.4) is 0 Å². The van der Waals surface area contributed by atoms with E-state index in [4.69, 9.17) is 15.3 Å². The Morgan fingerprint density at radius 1 is 0.914 bits per heavy atom. The van der Waals surface area contributed by atoms with Crippen molar-refractivity contribution >= 4 is 33.2 Å². The number of nitrogens with one attached hydrogen (secondary N) is 1. The highest BCUT2D eigenvalue weighted by Gasteiger charge is 2.14. The Kier molecular flexibility index (Phi) is 5.80. The van der Waals surface area contributed by atoms with Gasteiger partial charge in [-0.2, -0.15) is 15.5 Å². The molecular formula is C27H16FN5OS. The molecule has 0 amide bonds. The summed E-state index contributed by atoms with van der Waals surface area (Å²) < 4.78 is 21.5. The molecule has 2 aromatic heterocycles. The van der Waals surface area contributed by atoms with Crippen LogP contribution >= 0.6 is 11.3 Å². The minimum atomic E-state index is -0.452. The number of anilines is 2. The van der Waals surface area contributed by atoms with Gasteiger partial charge in [-0.15, -0.1) is 11.3 Å². The zero-order valence-electron chi connectivity index (χ0n) is 18.4. The van der Waals surface area contributed by atoms with Crippen molar-refractivity contribution in [2.75, 3.05) is 5.32 Å². The SMILES string of the molecule is Cc1cc(-c2ccc(C#N)cc2F)ccc1Oc1nc(Nc2ccc(C#N)cc2)nc2ccsc12. The highest BCUT2D eigenvalue weighted by Crippen LogP contribution is 2.35. The second kappa shape index (κ2) is 9.22. The van der Waals surface area contributed by atoms with Crippen LogP contribution in [0.5, 0.6) is 11.6 Å². The van der Waals surface area contributed by atoms with Gasteiger partial charge in [-0.05, 0) is 78.0 Å². The lowest BCUT2D eigenvalue weighted by Gasteiger charge is -2.12. The van der Waals surface area contributed by atoms with E-state index in [-0.39, 0.29) is 5.56 Å². The molecule has 2 heterocycles. The number of hydrogen-bond acceptors (Lipinski definition) is 7. The van der Waals surface area contributed by atoms with Gasteiger partial charge in [0.05, 0.1) is 28.8 Å². The van der Waals surface area contributed by atoms with Crippen molar-refractivity contribution in [3.05, 3.63) is 94.6 Å². The molecule has 5 rings (SSSR count). The molecular weight excluding hydrogens is 461 g/mol. The van der Waals surface area contributed by atoms with Gasteiger partial charge < -0.3 is 10.1 Å². The molecule has 1 N–H and O–H groups in total. The molecule has 0 spiro atoms. The van der Waals surface area contributed by atoms with Crippen molar-refractivity contribution in [2.24, 2.45) is 0 Å². The first-order chi connectivity index (χ1) is 17.0. The average Bonchev–Trinajstić information content (AvgIpc) is 3.34. The Hall–Kier alpha value is -4.79. The molecule has 35 heavy (non-hydrogen) atoms. The van der Waals surface area contributed by atoms with Crippen LogP contribution < -0.4 is 10.1 Å². The monoisotopic (exact) mass is 477 g/mol. The van der Waals surface area contributed by atoms with Crippen molar-refractivity contribution < 1.29 is 9.13 Å². The normalized spacial score (nSPS) is 10.5.